The number of aromatic amines is 1. The second-order valence-corrected chi connectivity index (χ2v) is 8.35. The van der Waals surface area contributed by atoms with Crippen LogP contribution in [0.2, 0.25) is 0 Å². The highest BCUT2D eigenvalue weighted by atomic mass is 16.5. The molecule has 0 fully saturated rings. The predicted molar refractivity (Wildman–Crippen MR) is 138 cm³/mol. The van der Waals surface area contributed by atoms with Gasteiger partial charge >= 0.3 is 0 Å². The molecule has 4 aromatic rings. The number of nitrogens with zero attached hydrogens (tertiary/aromatic N) is 3. The Morgan fingerprint density at radius 2 is 2.06 bits per heavy atom. The largest absolute Gasteiger partial charge is 0.481 e. The van der Waals surface area contributed by atoms with Crippen molar-refractivity contribution in [2.45, 2.75) is 26.4 Å². The molecule has 4 heterocycles. The molecule has 0 aliphatic rings. The lowest BCUT2D eigenvalue weighted by atomic mass is 10.0. The molecule has 0 radical (unpaired) electrons. The lowest BCUT2D eigenvalue weighted by molar-refractivity contribution is -0.111. The first-order valence-corrected chi connectivity index (χ1v) is 11.3. The van der Waals surface area contributed by atoms with E-state index in [1.165, 1.54) is 0 Å². The van der Waals surface area contributed by atoms with E-state index in [9.17, 15) is 9.59 Å². The van der Waals surface area contributed by atoms with Gasteiger partial charge in [-0.25, -0.2) is 9.97 Å². The van der Waals surface area contributed by atoms with Gasteiger partial charge in [-0.15, -0.1) is 0 Å². The van der Waals surface area contributed by atoms with Crippen molar-refractivity contribution in [2.75, 3.05) is 19.0 Å². The van der Waals surface area contributed by atoms with Gasteiger partial charge in [0.25, 0.3) is 5.56 Å². The highest BCUT2D eigenvalue weighted by Crippen LogP contribution is 2.32. The van der Waals surface area contributed by atoms with Crippen LogP contribution in [0.25, 0.3) is 33.3 Å². The molecule has 0 spiro atoms. The fourth-order valence-corrected chi connectivity index (χ4v) is 3.80. The summed E-state index contributed by atoms with van der Waals surface area (Å²) in [6, 6.07) is 7.74. The van der Waals surface area contributed by atoms with Crippen molar-refractivity contribution >= 4 is 22.6 Å². The zero-order chi connectivity index (χ0) is 24.9. The number of anilines is 1. The number of rotatable bonds is 9. The van der Waals surface area contributed by atoms with Gasteiger partial charge in [-0.2, -0.15) is 0 Å². The number of aromatic nitrogens is 4. The van der Waals surface area contributed by atoms with Crippen molar-refractivity contribution in [3.05, 3.63) is 72.1 Å². The number of amides is 1. The number of fused-ring (bicyclic) bond motifs is 1. The number of hydrogen-bond donors (Lipinski definition) is 3. The molecule has 0 aliphatic heterocycles. The summed E-state index contributed by atoms with van der Waals surface area (Å²) < 4.78 is 6.86. The monoisotopic (exact) mass is 472 g/mol. The quantitative estimate of drug-likeness (QED) is 0.321. The van der Waals surface area contributed by atoms with Gasteiger partial charge in [0.1, 0.15) is 11.3 Å². The molecular weight excluding hydrogens is 444 g/mol. The van der Waals surface area contributed by atoms with Gasteiger partial charge in [0.2, 0.25) is 11.8 Å². The first kappa shape index (κ1) is 23.9. The third-order valence-corrected chi connectivity index (χ3v) is 5.55. The van der Waals surface area contributed by atoms with Crippen molar-refractivity contribution in [3.63, 3.8) is 0 Å². The standard InChI is InChI=1S/C26H28N6O3/c1-5-23(33)31-22-11-19(15-32(26(22)34)9-8-27-16(2)3)18-10-20-21(14-30-25(20)29-13-18)17-6-7-28-24(12-17)35-4/h5-7,10-16,27H,1,8-9H2,2-4H3,(H,29,30)(H,31,33). The molecule has 0 saturated carbocycles. The van der Waals surface area contributed by atoms with Crippen molar-refractivity contribution < 1.29 is 9.53 Å². The number of methoxy groups -OCH3 is 1. The first-order chi connectivity index (χ1) is 16.9. The smallest absolute Gasteiger partial charge is 0.274 e. The van der Waals surface area contributed by atoms with E-state index < -0.39 is 5.91 Å². The molecule has 0 atom stereocenters. The summed E-state index contributed by atoms with van der Waals surface area (Å²) in [5.74, 6) is 0.0740. The van der Waals surface area contributed by atoms with Crippen LogP contribution >= 0.6 is 0 Å². The topological polar surface area (TPSA) is 114 Å². The molecule has 9 heteroatoms. The second kappa shape index (κ2) is 10.4. The minimum atomic E-state index is -0.445. The van der Waals surface area contributed by atoms with Crippen molar-refractivity contribution in [1.82, 2.24) is 24.8 Å². The van der Waals surface area contributed by atoms with Gasteiger partial charge in [0.15, 0.2) is 0 Å². The van der Waals surface area contributed by atoms with Gasteiger partial charge in [-0.05, 0) is 29.8 Å². The number of carbonyl (C=O) groups is 1. The average Bonchev–Trinajstić information content (AvgIpc) is 3.29. The summed E-state index contributed by atoms with van der Waals surface area (Å²) >= 11 is 0. The summed E-state index contributed by atoms with van der Waals surface area (Å²) in [5.41, 5.74) is 4.07. The normalized spacial score (nSPS) is 11.1. The van der Waals surface area contributed by atoms with E-state index in [-0.39, 0.29) is 11.2 Å². The molecule has 0 aromatic carbocycles. The van der Waals surface area contributed by atoms with Crippen LogP contribution in [0, 0.1) is 0 Å². The Hall–Kier alpha value is -4.24. The predicted octanol–water partition coefficient (Wildman–Crippen LogP) is 3.58. The van der Waals surface area contributed by atoms with Crippen molar-refractivity contribution in [2.24, 2.45) is 0 Å². The molecule has 9 nitrogen and oxygen atoms in total. The highest BCUT2D eigenvalue weighted by molar-refractivity contribution is 5.99. The van der Waals surface area contributed by atoms with Gasteiger partial charge < -0.3 is 24.9 Å². The minimum Gasteiger partial charge on any atom is -0.481 e. The van der Waals surface area contributed by atoms with E-state index in [4.69, 9.17) is 4.74 Å². The van der Waals surface area contributed by atoms with Crippen molar-refractivity contribution in [3.8, 4) is 28.1 Å². The van der Waals surface area contributed by atoms with E-state index >= 15 is 0 Å². The van der Waals surface area contributed by atoms with Crippen LogP contribution in [0.1, 0.15) is 13.8 Å². The van der Waals surface area contributed by atoms with E-state index in [0.717, 1.165) is 39.4 Å². The van der Waals surface area contributed by atoms with Gasteiger partial charge in [-0.1, -0.05) is 20.4 Å². The Morgan fingerprint density at radius 1 is 1.23 bits per heavy atom. The maximum atomic E-state index is 13.0. The molecule has 4 aromatic heterocycles. The Bertz CT molecular complexity index is 1440. The van der Waals surface area contributed by atoms with Crippen LogP contribution in [0.15, 0.2) is 66.5 Å². The summed E-state index contributed by atoms with van der Waals surface area (Å²) in [7, 11) is 1.58. The summed E-state index contributed by atoms with van der Waals surface area (Å²) in [6.45, 7) is 8.63. The SMILES string of the molecule is C=CC(=O)Nc1cc(-c2cnc3[nH]cc(-c4ccnc(OC)c4)c3c2)cn(CCNC(C)C)c1=O. The molecule has 0 unspecified atom stereocenters. The Labute approximate surface area is 202 Å². The third kappa shape index (κ3) is 5.30. The molecule has 35 heavy (non-hydrogen) atoms. The molecule has 0 aliphatic carbocycles. The maximum absolute atomic E-state index is 13.0. The number of pyridine rings is 3. The molecule has 1 amide bonds. The number of H-pyrrole nitrogens is 1. The second-order valence-electron chi connectivity index (χ2n) is 8.35. The van der Waals surface area contributed by atoms with Crippen LogP contribution in [0.4, 0.5) is 5.69 Å². The zero-order valence-electron chi connectivity index (χ0n) is 20.0. The van der Waals surface area contributed by atoms with Crippen LogP contribution in [0.3, 0.4) is 0 Å². The average molecular weight is 473 g/mol. The first-order valence-electron chi connectivity index (χ1n) is 11.3. The molecule has 180 valence electrons. The highest BCUT2D eigenvalue weighted by Gasteiger charge is 2.14. The lowest BCUT2D eigenvalue weighted by Crippen LogP contribution is -2.32. The Kier molecular flexibility index (Phi) is 7.07. The summed E-state index contributed by atoms with van der Waals surface area (Å²) in [6.07, 6.45) is 8.26. The van der Waals surface area contributed by atoms with Crippen LogP contribution in [-0.4, -0.2) is 45.1 Å². The molecular formula is C26H28N6O3. The minimum absolute atomic E-state index is 0.185. The number of hydrogen-bond acceptors (Lipinski definition) is 6. The van der Waals surface area contributed by atoms with E-state index in [2.05, 4.69) is 32.2 Å². The van der Waals surface area contributed by atoms with E-state index in [1.54, 1.807) is 36.3 Å². The van der Waals surface area contributed by atoms with Crippen LogP contribution < -0.4 is 20.9 Å². The van der Waals surface area contributed by atoms with E-state index in [1.807, 2.05) is 38.2 Å². The Morgan fingerprint density at radius 3 is 2.80 bits per heavy atom. The fraction of sp³-hybridized carbons (Fsp3) is 0.231. The number of ether oxygens (including phenoxy) is 1. The fourth-order valence-electron chi connectivity index (χ4n) is 3.80. The van der Waals surface area contributed by atoms with Crippen LogP contribution in [-0.2, 0) is 11.3 Å². The van der Waals surface area contributed by atoms with Gasteiger partial charge in [-0.3, -0.25) is 9.59 Å². The van der Waals surface area contributed by atoms with E-state index in [0.29, 0.717) is 25.0 Å². The Balaban J connectivity index is 1.79. The molecule has 3 N–H and O–H groups in total. The molecule has 0 bridgehead atoms. The lowest BCUT2D eigenvalue weighted by Gasteiger charge is -2.14. The third-order valence-electron chi connectivity index (χ3n) is 5.55. The zero-order valence-corrected chi connectivity index (χ0v) is 20.0. The van der Waals surface area contributed by atoms with Crippen LogP contribution in [0.5, 0.6) is 5.88 Å². The summed E-state index contributed by atoms with van der Waals surface area (Å²) in [5, 5.41) is 6.85. The maximum Gasteiger partial charge on any atom is 0.274 e. The van der Waals surface area contributed by atoms with Crippen molar-refractivity contribution in [1.29, 1.82) is 0 Å². The number of carbonyl (C=O) groups excluding carboxylic acids is 1. The number of nitrogens with one attached hydrogen (secondary N) is 3. The molecule has 0 saturated heterocycles. The molecule has 4 rings (SSSR count). The van der Waals surface area contributed by atoms with Gasteiger partial charge in [0.05, 0.1) is 7.11 Å². The summed E-state index contributed by atoms with van der Waals surface area (Å²) in [4.78, 5) is 36.9. The van der Waals surface area contributed by atoms with Gasteiger partial charge in [0, 0.05) is 72.1 Å².